The van der Waals surface area contributed by atoms with Gasteiger partial charge in [-0.05, 0) is 25.2 Å². The lowest BCUT2D eigenvalue weighted by atomic mass is 10.2. The number of furan rings is 1. The molecular weight excluding hydrogens is 282 g/mol. The Morgan fingerprint density at radius 1 is 1.40 bits per heavy atom. The van der Waals surface area contributed by atoms with Gasteiger partial charge in [0.05, 0.1) is 20.0 Å². The third kappa shape index (κ3) is 4.57. The molecule has 0 aliphatic rings. The lowest BCUT2D eigenvalue weighted by molar-refractivity contribution is -0.142. The number of nitrogens with two attached hydrogens (primary N) is 1. The molecule has 0 amide bonds. The van der Waals surface area contributed by atoms with Gasteiger partial charge in [0.1, 0.15) is 23.1 Å². The summed E-state index contributed by atoms with van der Waals surface area (Å²) in [6, 6.07) is 1.07. The highest BCUT2D eigenvalue weighted by Crippen LogP contribution is 2.20. The van der Waals surface area contributed by atoms with Gasteiger partial charge in [-0.15, -0.1) is 0 Å². The molecule has 1 heterocycles. The fourth-order valence-electron chi connectivity index (χ4n) is 1.58. The Morgan fingerprint density at radius 2 is 2.10 bits per heavy atom. The van der Waals surface area contributed by atoms with Gasteiger partial charge in [0.25, 0.3) is 0 Å². The van der Waals surface area contributed by atoms with E-state index in [4.69, 9.17) is 10.2 Å². The molecule has 112 valence electrons. The summed E-state index contributed by atoms with van der Waals surface area (Å²) < 4.78 is 14.7. The number of hydrogen-bond acceptors (Lipinski definition) is 7. The van der Waals surface area contributed by atoms with E-state index in [1.54, 1.807) is 24.8 Å². The number of aryl methyl sites for hydroxylation is 1. The summed E-state index contributed by atoms with van der Waals surface area (Å²) in [5.74, 6) is 1.72. The number of thioether (sulfide) groups is 1. The Morgan fingerprint density at radius 3 is 2.70 bits per heavy atom. The molecule has 0 radical (unpaired) electrons. The molecule has 1 unspecified atom stereocenters. The molecule has 0 fully saturated rings. The average Bonchev–Trinajstić information content (AvgIpc) is 2.82. The fraction of sp³-hybridized carbons (Fsp3) is 0.538. The second-order valence-electron chi connectivity index (χ2n) is 4.15. The Labute approximate surface area is 122 Å². The number of rotatable bonds is 7. The zero-order valence-corrected chi connectivity index (χ0v) is 12.6. The first-order valence-corrected chi connectivity index (χ1v) is 7.23. The second-order valence-corrected chi connectivity index (χ2v) is 5.25. The number of ether oxygens (including phenoxy) is 2. The van der Waals surface area contributed by atoms with Crippen molar-refractivity contribution in [1.82, 2.24) is 0 Å². The Bertz CT molecular complexity index is 471. The molecule has 0 bridgehead atoms. The quantitative estimate of drug-likeness (QED) is 0.602. The summed E-state index contributed by atoms with van der Waals surface area (Å²) in [6.45, 7) is 1.72. The van der Waals surface area contributed by atoms with Crippen molar-refractivity contribution in [2.45, 2.75) is 25.1 Å². The van der Waals surface area contributed by atoms with E-state index in [9.17, 15) is 9.59 Å². The monoisotopic (exact) mass is 301 g/mol. The first-order valence-electron chi connectivity index (χ1n) is 6.08. The largest absolute Gasteiger partial charge is 0.468 e. The molecule has 2 N–H and O–H groups in total. The van der Waals surface area contributed by atoms with E-state index < -0.39 is 18.0 Å². The third-order valence-electron chi connectivity index (χ3n) is 2.70. The van der Waals surface area contributed by atoms with Crippen molar-refractivity contribution in [3.05, 3.63) is 23.2 Å². The molecule has 0 aliphatic carbocycles. The standard InChI is InChI=1S/C13H19NO5S/c1-8-10(12(15)17-2)6-9(19-8)7-20-5-4-11(14)13(16)18-3/h6,11H,4-5,7,14H2,1-3H3. The molecule has 20 heavy (non-hydrogen) atoms. The molecule has 0 saturated heterocycles. The van der Waals surface area contributed by atoms with Crippen LogP contribution in [-0.2, 0) is 20.0 Å². The zero-order valence-electron chi connectivity index (χ0n) is 11.8. The normalized spacial score (nSPS) is 12.0. The van der Waals surface area contributed by atoms with Crippen molar-refractivity contribution >= 4 is 23.7 Å². The maximum absolute atomic E-state index is 11.4. The van der Waals surface area contributed by atoms with Crippen molar-refractivity contribution in [2.24, 2.45) is 5.73 Å². The first kappa shape index (κ1) is 16.6. The summed E-state index contributed by atoms with van der Waals surface area (Å²) in [6.07, 6.45) is 0.529. The van der Waals surface area contributed by atoms with Crippen LogP contribution in [0.15, 0.2) is 10.5 Å². The predicted octanol–water partition coefficient (Wildman–Crippen LogP) is 1.50. The lowest BCUT2D eigenvalue weighted by Gasteiger charge is -2.07. The molecule has 0 aromatic carbocycles. The van der Waals surface area contributed by atoms with Crippen molar-refractivity contribution < 1.29 is 23.5 Å². The van der Waals surface area contributed by atoms with Crippen LogP contribution in [0.2, 0.25) is 0 Å². The van der Waals surface area contributed by atoms with Crippen LogP contribution < -0.4 is 5.73 Å². The molecule has 0 aliphatic heterocycles. The molecule has 1 aromatic rings. The van der Waals surface area contributed by atoms with Crippen LogP contribution in [0.1, 0.15) is 28.3 Å². The molecule has 1 aromatic heterocycles. The highest BCUT2D eigenvalue weighted by Gasteiger charge is 2.16. The van der Waals surface area contributed by atoms with Crippen molar-refractivity contribution in [2.75, 3.05) is 20.0 Å². The summed E-state index contributed by atoms with van der Waals surface area (Å²) in [4.78, 5) is 22.5. The van der Waals surface area contributed by atoms with Gasteiger partial charge < -0.3 is 19.6 Å². The SMILES string of the molecule is COC(=O)c1cc(CSCCC(N)C(=O)OC)oc1C. The van der Waals surface area contributed by atoms with Crippen molar-refractivity contribution in [3.63, 3.8) is 0 Å². The van der Waals surface area contributed by atoms with Gasteiger partial charge in [-0.3, -0.25) is 4.79 Å². The molecule has 0 spiro atoms. The topological polar surface area (TPSA) is 91.8 Å². The minimum absolute atomic E-state index is 0.407. The third-order valence-corrected chi connectivity index (χ3v) is 3.71. The maximum Gasteiger partial charge on any atom is 0.341 e. The first-order chi connectivity index (χ1) is 9.49. The Balaban J connectivity index is 2.40. The van der Waals surface area contributed by atoms with Crippen molar-refractivity contribution in [3.8, 4) is 0 Å². The number of esters is 2. The van der Waals surface area contributed by atoms with Crippen LogP contribution in [0.3, 0.4) is 0 Å². The number of carbonyl (C=O) groups excluding carboxylic acids is 2. The van der Waals surface area contributed by atoms with E-state index in [2.05, 4.69) is 9.47 Å². The van der Waals surface area contributed by atoms with Crippen LogP contribution in [-0.4, -0.2) is 38.0 Å². The summed E-state index contributed by atoms with van der Waals surface area (Å²) >= 11 is 1.57. The van der Waals surface area contributed by atoms with Crippen LogP contribution in [0.25, 0.3) is 0 Å². The summed E-state index contributed by atoms with van der Waals surface area (Å²) in [5.41, 5.74) is 6.06. The van der Waals surface area contributed by atoms with Gasteiger partial charge in [-0.1, -0.05) is 0 Å². The van der Waals surface area contributed by atoms with E-state index >= 15 is 0 Å². The highest BCUT2D eigenvalue weighted by molar-refractivity contribution is 7.98. The number of methoxy groups -OCH3 is 2. The van der Waals surface area contributed by atoms with Crippen molar-refractivity contribution in [1.29, 1.82) is 0 Å². The van der Waals surface area contributed by atoms with E-state index in [-0.39, 0.29) is 0 Å². The van der Waals surface area contributed by atoms with Gasteiger partial charge >= 0.3 is 11.9 Å². The lowest BCUT2D eigenvalue weighted by Crippen LogP contribution is -2.31. The Hall–Kier alpha value is -1.47. The van der Waals surface area contributed by atoms with Gasteiger partial charge in [0.2, 0.25) is 0 Å². The average molecular weight is 301 g/mol. The number of carbonyl (C=O) groups is 2. The molecule has 6 nitrogen and oxygen atoms in total. The smallest absolute Gasteiger partial charge is 0.341 e. The van der Waals surface area contributed by atoms with Crippen LogP contribution in [0, 0.1) is 6.92 Å². The van der Waals surface area contributed by atoms with E-state index in [0.29, 0.717) is 35.0 Å². The number of hydrogen-bond donors (Lipinski definition) is 1. The van der Waals surface area contributed by atoms with Crippen LogP contribution in [0.5, 0.6) is 0 Å². The predicted molar refractivity (Wildman–Crippen MR) is 75.6 cm³/mol. The minimum Gasteiger partial charge on any atom is -0.468 e. The van der Waals surface area contributed by atoms with E-state index in [0.717, 1.165) is 0 Å². The maximum atomic E-state index is 11.4. The summed E-state index contributed by atoms with van der Waals surface area (Å²) in [5, 5.41) is 0. The summed E-state index contributed by atoms with van der Waals surface area (Å²) in [7, 11) is 2.65. The fourth-order valence-corrected chi connectivity index (χ4v) is 2.49. The van der Waals surface area contributed by atoms with Crippen LogP contribution in [0.4, 0.5) is 0 Å². The molecular formula is C13H19NO5S. The Kier molecular flexibility index (Phi) is 6.60. The minimum atomic E-state index is -0.600. The van der Waals surface area contributed by atoms with Gasteiger partial charge in [-0.25, -0.2) is 4.79 Å². The van der Waals surface area contributed by atoms with E-state index in [1.165, 1.54) is 14.2 Å². The van der Waals surface area contributed by atoms with E-state index in [1.807, 2.05) is 0 Å². The van der Waals surface area contributed by atoms with Crippen LogP contribution >= 0.6 is 11.8 Å². The van der Waals surface area contributed by atoms with Gasteiger partial charge in [0.15, 0.2) is 0 Å². The zero-order chi connectivity index (χ0) is 15.1. The second kappa shape index (κ2) is 7.96. The highest BCUT2D eigenvalue weighted by atomic mass is 32.2. The van der Waals surface area contributed by atoms with Gasteiger partial charge in [-0.2, -0.15) is 11.8 Å². The molecule has 1 atom stereocenters. The molecule has 0 saturated carbocycles. The molecule has 7 heteroatoms. The molecule has 1 rings (SSSR count). The van der Waals surface area contributed by atoms with Gasteiger partial charge in [0, 0.05) is 0 Å².